The van der Waals surface area contributed by atoms with Crippen molar-refractivity contribution in [2.24, 2.45) is 0 Å². The average Bonchev–Trinajstić information content (AvgIpc) is 2.67. The molecule has 9 heteroatoms. The van der Waals surface area contributed by atoms with Crippen LogP contribution in [0.2, 0.25) is 0 Å². The molecule has 0 bridgehead atoms. The highest BCUT2D eigenvalue weighted by Crippen LogP contribution is 2.13. The third kappa shape index (κ3) is 9.24. The molecule has 0 unspecified atom stereocenters. The van der Waals surface area contributed by atoms with Crippen molar-refractivity contribution in [1.29, 1.82) is 0 Å². The first-order valence-corrected chi connectivity index (χ1v) is 8.59. The van der Waals surface area contributed by atoms with Gasteiger partial charge in [0.25, 0.3) is 5.91 Å². The molecule has 148 valence electrons. The molecule has 0 heterocycles. The number of benzene rings is 1. The Kier molecular flexibility index (Phi) is 9.98. The number of amides is 2. The number of hydrogen-bond donors (Lipinski definition) is 2. The highest BCUT2D eigenvalue weighted by Gasteiger charge is 2.10. The number of carbonyl (C=O) groups excluding carboxylic acids is 4. The van der Waals surface area contributed by atoms with E-state index in [1.807, 2.05) is 6.92 Å². The van der Waals surface area contributed by atoms with E-state index >= 15 is 0 Å². The molecule has 0 aliphatic carbocycles. The van der Waals surface area contributed by atoms with Gasteiger partial charge in [0, 0.05) is 6.42 Å². The standard InChI is InChI=1S/C18H24N2O7/c1-3-11-26-18(24)13-5-7-14(8-6-13)27-12-16(22)20-19-15(21)9-10-17(23)25-4-2/h5-8H,3-4,9-12H2,1-2H3,(H,19,21)(H,20,22). The van der Waals surface area contributed by atoms with Crippen molar-refractivity contribution in [2.45, 2.75) is 33.1 Å². The molecule has 0 aliphatic heterocycles. The van der Waals surface area contributed by atoms with Crippen LogP contribution in [-0.4, -0.2) is 43.6 Å². The van der Waals surface area contributed by atoms with Crippen LogP contribution >= 0.6 is 0 Å². The van der Waals surface area contributed by atoms with Crippen LogP contribution < -0.4 is 15.6 Å². The van der Waals surface area contributed by atoms with E-state index in [4.69, 9.17) is 14.2 Å². The summed E-state index contributed by atoms with van der Waals surface area (Å²) in [4.78, 5) is 45.9. The van der Waals surface area contributed by atoms with Gasteiger partial charge in [0.05, 0.1) is 25.2 Å². The Bertz CT molecular complexity index is 644. The lowest BCUT2D eigenvalue weighted by Crippen LogP contribution is -2.43. The molecule has 1 aromatic rings. The van der Waals surface area contributed by atoms with Crippen LogP contribution in [0.15, 0.2) is 24.3 Å². The maximum atomic E-state index is 11.7. The Balaban J connectivity index is 2.28. The normalized spacial score (nSPS) is 9.85. The molecular formula is C18H24N2O7. The van der Waals surface area contributed by atoms with Gasteiger partial charge >= 0.3 is 11.9 Å². The number of rotatable bonds is 10. The zero-order valence-electron chi connectivity index (χ0n) is 15.4. The van der Waals surface area contributed by atoms with E-state index in [9.17, 15) is 19.2 Å². The summed E-state index contributed by atoms with van der Waals surface area (Å²) >= 11 is 0. The second kappa shape index (κ2) is 12.3. The van der Waals surface area contributed by atoms with E-state index in [0.717, 1.165) is 6.42 Å². The number of esters is 2. The van der Waals surface area contributed by atoms with Gasteiger partial charge in [-0.05, 0) is 37.6 Å². The van der Waals surface area contributed by atoms with Crippen molar-refractivity contribution >= 4 is 23.8 Å². The minimum atomic E-state index is -0.578. The molecule has 1 aromatic carbocycles. The second-order valence-corrected chi connectivity index (χ2v) is 5.35. The van der Waals surface area contributed by atoms with Gasteiger partial charge in [-0.2, -0.15) is 0 Å². The van der Waals surface area contributed by atoms with Crippen LogP contribution in [0.4, 0.5) is 0 Å². The van der Waals surface area contributed by atoms with Crippen LogP contribution in [0.5, 0.6) is 5.75 Å². The number of carbonyl (C=O) groups is 4. The summed E-state index contributed by atoms with van der Waals surface area (Å²) in [6.45, 7) is 3.83. The Morgan fingerprint density at radius 3 is 2.19 bits per heavy atom. The van der Waals surface area contributed by atoms with E-state index in [1.165, 1.54) is 24.3 Å². The van der Waals surface area contributed by atoms with Gasteiger partial charge in [-0.1, -0.05) is 6.92 Å². The summed E-state index contributed by atoms with van der Waals surface area (Å²) in [5, 5.41) is 0. The fraction of sp³-hybridized carbons (Fsp3) is 0.444. The quantitative estimate of drug-likeness (QED) is 0.461. The molecule has 2 amide bonds. The number of hydrogen-bond acceptors (Lipinski definition) is 7. The molecule has 0 spiro atoms. The van der Waals surface area contributed by atoms with Crippen LogP contribution in [0.3, 0.4) is 0 Å². The van der Waals surface area contributed by atoms with E-state index in [1.54, 1.807) is 6.92 Å². The first-order chi connectivity index (χ1) is 13.0. The molecule has 1 rings (SSSR count). The Hall–Kier alpha value is -3.10. The van der Waals surface area contributed by atoms with Gasteiger partial charge in [-0.3, -0.25) is 25.2 Å². The first-order valence-electron chi connectivity index (χ1n) is 8.59. The minimum Gasteiger partial charge on any atom is -0.484 e. The zero-order valence-corrected chi connectivity index (χ0v) is 15.4. The Morgan fingerprint density at radius 1 is 0.889 bits per heavy atom. The SMILES string of the molecule is CCCOC(=O)c1ccc(OCC(=O)NNC(=O)CCC(=O)OCC)cc1. The highest BCUT2D eigenvalue weighted by molar-refractivity contribution is 5.89. The largest absolute Gasteiger partial charge is 0.484 e. The van der Waals surface area contributed by atoms with Crippen molar-refractivity contribution in [1.82, 2.24) is 10.9 Å². The molecule has 9 nitrogen and oxygen atoms in total. The summed E-state index contributed by atoms with van der Waals surface area (Å²) < 4.78 is 15.0. The van der Waals surface area contributed by atoms with Gasteiger partial charge in [-0.25, -0.2) is 4.79 Å². The summed E-state index contributed by atoms with van der Waals surface area (Å²) in [5.74, 6) is -1.63. The van der Waals surface area contributed by atoms with Crippen molar-refractivity contribution in [3.63, 3.8) is 0 Å². The van der Waals surface area contributed by atoms with Gasteiger partial charge in [-0.15, -0.1) is 0 Å². The molecular weight excluding hydrogens is 356 g/mol. The van der Waals surface area contributed by atoms with E-state index in [0.29, 0.717) is 17.9 Å². The smallest absolute Gasteiger partial charge is 0.338 e. The third-order valence-electron chi connectivity index (χ3n) is 3.10. The fourth-order valence-electron chi connectivity index (χ4n) is 1.80. The predicted octanol–water partition coefficient (Wildman–Crippen LogP) is 1.12. The Morgan fingerprint density at radius 2 is 1.56 bits per heavy atom. The summed E-state index contributed by atoms with van der Waals surface area (Å²) in [7, 11) is 0. The maximum absolute atomic E-state index is 11.7. The predicted molar refractivity (Wildman–Crippen MR) is 94.7 cm³/mol. The molecule has 0 fully saturated rings. The summed E-state index contributed by atoms with van der Waals surface area (Å²) in [6, 6.07) is 6.13. The second-order valence-electron chi connectivity index (χ2n) is 5.35. The summed E-state index contributed by atoms with van der Waals surface area (Å²) in [6.07, 6.45) is 0.566. The average molecular weight is 380 g/mol. The topological polar surface area (TPSA) is 120 Å². The van der Waals surface area contributed by atoms with Crippen LogP contribution in [0.25, 0.3) is 0 Å². The van der Waals surface area contributed by atoms with Crippen LogP contribution in [-0.2, 0) is 23.9 Å². The van der Waals surface area contributed by atoms with Crippen molar-refractivity contribution in [3.05, 3.63) is 29.8 Å². The summed E-state index contributed by atoms with van der Waals surface area (Å²) in [5.41, 5.74) is 4.73. The van der Waals surface area contributed by atoms with Crippen LogP contribution in [0, 0.1) is 0 Å². The monoisotopic (exact) mass is 380 g/mol. The van der Waals surface area contributed by atoms with E-state index < -0.39 is 23.8 Å². The molecule has 0 aliphatic rings. The van der Waals surface area contributed by atoms with Gasteiger partial charge in [0.1, 0.15) is 5.75 Å². The lowest BCUT2D eigenvalue weighted by atomic mass is 10.2. The van der Waals surface area contributed by atoms with E-state index in [2.05, 4.69) is 10.9 Å². The molecule has 27 heavy (non-hydrogen) atoms. The van der Waals surface area contributed by atoms with Crippen molar-refractivity contribution < 1.29 is 33.4 Å². The number of hydrazine groups is 1. The number of nitrogens with one attached hydrogen (secondary N) is 2. The molecule has 0 saturated carbocycles. The highest BCUT2D eigenvalue weighted by atomic mass is 16.5. The van der Waals surface area contributed by atoms with Gasteiger partial charge < -0.3 is 14.2 Å². The first kappa shape index (κ1) is 21.9. The molecule has 0 aromatic heterocycles. The molecule has 0 atom stereocenters. The zero-order chi connectivity index (χ0) is 20.1. The maximum Gasteiger partial charge on any atom is 0.338 e. The Labute approximate surface area is 157 Å². The number of ether oxygens (including phenoxy) is 3. The van der Waals surface area contributed by atoms with Crippen molar-refractivity contribution in [2.75, 3.05) is 19.8 Å². The van der Waals surface area contributed by atoms with Gasteiger partial charge in [0.15, 0.2) is 6.61 Å². The molecule has 2 N–H and O–H groups in total. The minimum absolute atomic E-state index is 0.0704. The van der Waals surface area contributed by atoms with Crippen LogP contribution in [0.1, 0.15) is 43.5 Å². The van der Waals surface area contributed by atoms with Crippen molar-refractivity contribution in [3.8, 4) is 5.75 Å². The third-order valence-corrected chi connectivity index (χ3v) is 3.10. The fourth-order valence-corrected chi connectivity index (χ4v) is 1.80. The van der Waals surface area contributed by atoms with E-state index in [-0.39, 0.29) is 26.1 Å². The lowest BCUT2D eigenvalue weighted by Gasteiger charge is -2.09. The lowest BCUT2D eigenvalue weighted by molar-refractivity contribution is -0.144. The molecule has 0 saturated heterocycles. The van der Waals surface area contributed by atoms with Gasteiger partial charge in [0.2, 0.25) is 5.91 Å². The molecule has 0 radical (unpaired) electrons.